The van der Waals surface area contributed by atoms with Crippen LogP contribution in [0.2, 0.25) is 0 Å². The monoisotopic (exact) mass is 636 g/mol. The molecule has 0 saturated carbocycles. The van der Waals surface area contributed by atoms with Gasteiger partial charge in [-0.1, -0.05) is 145 Å². The Bertz CT molecular complexity index is 2840. The van der Waals surface area contributed by atoms with Crippen molar-refractivity contribution in [1.82, 2.24) is 0 Å². The van der Waals surface area contributed by atoms with Crippen molar-refractivity contribution in [1.29, 1.82) is 0 Å². The van der Waals surface area contributed by atoms with Crippen LogP contribution in [0.15, 0.2) is 156 Å². The molecule has 0 aliphatic heterocycles. The van der Waals surface area contributed by atoms with Crippen molar-refractivity contribution in [2.45, 2.75) is 19.3 Å². The average Bonchev–Trinajstić information content (AvgIpc) is 3.38. The zero-order valence-electron chi connectivity index (χ0n) is 27.5. The van der Waals surface area contributed by atoms with E-state index < -0.39 is 0 Å². The van der Waals surface area contributed by atoms with Crippen LogP contribution in [0.3, 0.4) is 0 Å². The first-order chi connectivity index (χ1) is 24.8. The number of para-hydroxylation sites is 1. The predicted octanol–water partition coefficient (Wildman–Crippen LogP) is 13.4. The molecule has 1 aromatic heterocycles. The Morgan fingerprint density at radius 3 is 2.22 bits per heavy atom. The summed E-state index contributed by atoms with van der Waals surface area (Å²) < 4.78 is 6.28. The molecule has 8 aromatic rings. The molecule has 0 atom stereocenters. The minimum Gasteiger partial charge on any atom is -0.456 e. The van der Waals surface area contributed by atoms with Gasteiger partial charge in [0.15, 0.2) is 0 Å². The molecular formula is C49H32O. The molecule has 0 spiro atoms. The summed E-state index contributed by atoms with van der Waals surface area (Å²) in [5, 5.41) is 7.19. The number of hydrogen-bond donors (Lipinski definition) is 0. The molecule has 2 aliphatic carbocycles. The van der Waals surface area contributed by atoms with E-state index in [4.69, 9.17) is 4.42 Å². The highest BCUT2D eigenvalue weighted by molar-refractivity contribution is 6.15. The Morgan fingerprint density at radius 1 is 0.540 bits per heavy atom. The third kappa shape index (κ3) is 4.57. The maximum Gasteiger partial charge on any atom is 0.135 e. The van der Waals surface area contributed by atoms with E-state index in [0.29, 0.717) is 6.42 Å². The number of allylic oxidation sites excluding steroid dienone is 5. The molecule has 0 amide bonds. The lowest BCUT2D eigenvalue weighted by atomic mass is 9.80. The number of furan rings is 1. The van der Waals surface area contributed by atoms with Crippen molar-refractivity contribution in [2.24, 2.45) is 0 Å². The summed E-state index contributed by atoms with van der Waals surface area (Å²) in [6.45, 7) is 0. The lowest BCUT2D eigenvalue weighted by Crippen LogP contribution is -2.00. The van der Waals surface area contributed by atoms with Crippen molar-refractivity contribution in [2.75, 3.05) is 0 Å². The summed E-state index contributed by atoms with van der Waals surface area (Å²) in [4.78, 5) is 0. The van der Waals surface area contributed by atoms with E-state index >= 15 is 0 Å². The fourth-order valence-corrected chi connectivity index (χ4v) is 8.11. The smallest absolute Gasteiger partial charge is 0.135 e. The summed E-state index contributed by atoms with van der Waals surface area (Å²) in [5.74, 6) is 7.18. The molecule has 1 nitrogen and oxygen atoms in total. The molecule has 234 valence electrons. The molecular weight excluding hydrogens is 605 g/mol. The van der Waals surface area contributed by atoms with Crippen molar-refractivity contribution >= 4 is 55.1 Å². The number of fused-ring (bicyclic) bond motifs is 6. The summed E-state index contributed by atoms with van der Waals surface area (Å²) in [7, 11) is 0. The van der Waals surface area contributed by atoms with Crippen LogP contribution in [0.25, 0.3) is 88.5 Å². The van der Waals surface area contributed by atoms with Crippen molar-refractivity contribution in [3.05, 3.63) is 168 Å². The molecule has 0 N–H and O–H groups in total. The van der Waals surface area contributed by atoms with Crippen LogP contribution < -0.4 is 0 Å². The Hall–Kier alpha value is -6.36. The third-order valence-electron chi connectivity index (χ3n) is 10.4. The lowest BCUT2D eigenvalue weighted by molar-refractivity contribution is 0.669. The Kier molecular flexibility index (Phi) is 6.68. The summed E-state index contributed by atoms with van der Waals surface area (Å²) in [6, 6.07) is 46.3. The van der Waals surface area contributed by atoms with Gasteiger partial charge < -0.3 is 4.42 Å². The number of hydrogen-bond acceptors (Lipinski definition) is 1. The van der Waals surface area contributed by atoms with E-state index in [1.54, 1.807) is 0 Å². The first kappa shape index (κ1) is 28.6. The van der Waals surface area contributed by atoms with E-state index in [1.165, 1.54) is 66.1 Å². The number of rotatable bonds is 4. The standard InChI is InChI=1S/C49H32O/c1-3-14-32(15-4-1)37-19-9-10-23-40(37)49-42-22-6-2-5-21-41(42)48(35-27-29-47-44(31-35)39-20-11-12-25-46(39)50-47)45-30-34(26-28-43(45)49)38-24-13-17-33-16-7-8-18-36(33)38/h1,3,5,7-14,16-21,23-31H,2,4,15H2. The highest BCUT2D eigenvalue weighted by atomic mass is 16.3. The first-order valence-corrected chi connectivity index (χ1v) is 17.5. The number of benzene rings is 7. The predicted molar refractivity (Wildman–Crippen MR) is 212 cm³/mol. The van der Waals surface area contributed by atoms with Gasteiger partial charge >= 0.3 is 0 Å². The van der Waals surface area contributed by atoms with Crippen LogP contribution in [0.1, 0.15) is 36.0 Å². The SMILES string of the molecule is C1#Cc2c(c(-c3ccc4oc5ccccc5c4c3)c3cc(-c4cccc5ccccc45)ccc3c2-c2ccccc2C2=CC=CCC2)C=CC1. The minimum atomic E-state index is 0.716. The third-order valence-corrected chi connectivity index (χ3v) is 10.4. The maximum absolute atomic E-state index is 6.28. The van der Waals surface area contributed by atoms with Gasteiger partial charge in [-0.15, -0.1) is 0 Å². The second-order valence-electron chi connectivity index (χ2n) is 13.2. The van der Waals surface area contributed by atoms with Gasteiger partial charge in [0.1, 0.15) is 11.2 Å². The van der Waals surface area contributed by atoms with Crippen LogP contribution in [-0.4, -0.2) is 0 Å². The van der Waals surface area contributed by atoms with Crippen LogP contribution in [0, 0.1) is 11.8 Å². The highest BCUT2D eigenvalue weighted by Crippen LogP contribution is 2.47. The highest BCUT2D eigenvalue weighted by Gasteiger charge is 2.24. The molecule has 50 heavy (non-hydrogen) atoms. The normalized spacial score (nSPS) is 13.7. The molecule has 1 heteroatoms. The van der Waals surface area contributed by atoms with Crippen LogP contribution in [-0.2, 0) is 0 Å². The molecule has 0 unspecified atom stereocenters. The molecule has 1 heterocycles. The quantitative estimate of drug-likeness (QED) is 0.175. The van der Waals surface area contributed by atoms with Gasteiger partial charge in [0.05, 0.1) is 0 Å². The van der Waals surface area contributed by atoms with Gasteiger partial charge in [-0.3, -0.25) is 0 Å². The fourth-order valence-electron chi connectivity index (χ4n) is 8.11. The van der Waals surface area contributed by atoms with Gasteiger partial charge in [0, 0.05) is 28.3 Å². The van der Waals surface area contributed by atoms with Crippen molar-refractivity contribution < 1.29 is 4.42 Å². The molecule has 2 aliphatic rings. The van der Waals surface area contributed by atoms with Gasteiger partial charge in [0.2, 0.25) is 0 Å². The average molecular weight is 637 g/mol. The molecule has 7 aromatic carbocycles. The molecule has 0 bridgehead atoms. The van der Waals surface area contributed by atoms with Gasteiger partial charge in [-0.25, -0.2) is 0 Å². The van der Waals surface area contributed by atoms with Crippen molar-refractivity contribution in [3.63, 3.8) is 0 Å². The summed E-state index contributed by atoms with van der Waals surface area (Å²) in [5.41, 5.74) is 14.0. The topological polar surface area (TPSA) is 13.1 Å². The fraction of sp³-hybridized carbons (Fsp3) is 0.0612. The van der Waals surface area contributed by atoms with E-state index in [0.717, 1.165) is 45.9 Å². The second kappa shape index (κ2) is 11.7. The molecule has 10 rings (SSSR count). The first-order valence-electron chi connectivity index (χ1n) is 17.5. The maximum atomic E-state index is 6.28. The second-order valence-corrected chi connectivity index (χ2v) is 13.2. The largest absolute Gasteiger partial charge is 0.456 e. The van der Waals surface area contributed by atoms with Crippen LogP contribution in [0.4, 0.5) is 0 Å². The minimum absolute atomic E-state index is 0.716. The van der Waals surface area contributed by atoms with Crippen LogP contribution in [0.5, 0.6) is 0 Å². The molecule has 0 fully saturated rings. The van der Waals surface area contributed by atoms with E-state index in [9.17, 15) is 0 Å². The Labute approximate surface area is 291 Å². The van der Waals surface area contributed by atoms with E-state index in [1.807, 2.05) is 6.07 Å². The Balaban J connectivity index is 1.34. The lowest BCUT2D eigenvalue weighted by Gasteiger charge is -2.22. The molecule has 0 saturated heterocycles. The molecule has 0 radical (unpaired) electrons. The summed E-state index contributed by atoms with van der Waals surface area (Å²) >= 11 is 0. The van der Waals surface area contributed by atoms with E-state index in [2.05, 4.69) is 164 Å². The van der Waals surface area contributed by atoms with Gasteiger partial charge in [0.25, 0.3) is 0 Å². The summed E-state index contributed by atoms with van der Waals surface area (Å²) in [6.07, 6.45) is 14.1. The van der Waals surface area contributed by atoms with E-state index in [-0.39, 0.29) is 0 Å². The zero-order valence-corrected chi connectivity index (χ0v) is 27.5. The zero-order chi connectivity index (χ0) is 33.0. The van der Waals surface area contributed by atoms with Crippen molar-refractivity contribution in [3.8, 4) is 45.2 Å². The van der Waals surface area contributed by atoms with Gasteiger partial charge in [-0.05, 0) is 103 Å². The van der Waals surface area contributed by atoms with Crippen LogP contribution >= 0.6 is 0 Å². The Morgan fingerprint density at radius 2 is 1.30 bits per heavy atom. The van der Waals surface area contributed by atoms with Gasteiger partial charge in [-0.2, -0.15) is 0 Å².